The summed E-state index contributed by atoms with van der Waals surface area (Å²) in [5.41, 5.74) is 0. The summed E-state index contributed by atoms with van der Waals surface area (Å²) in [7, 11) is 0. The molecule has 2 nitrogen and oxygen atoms in total. The molecular weight excluding hydrogens is 164 g/mol. The lowest BCUT2D eigenvalue weighted by atomic mass is 9.80. The Morgan fingerprint density at radius 1 is 1.38 bits per heavy atom. The molecule has 1 fully saturated rings. The van der Waals surface area contributed by atoms with Crippen molar-refractivity contribution in [1.82, 2.24) is 0 Å². The van der Waals surface area contributed by atoms with Crippen molar-refractivity contribution in [2.75, 3.05) is 0 Å². The number of rotatable bonds is 3. The highest BCUT2D eigenvalue weighted by molar-refractivity contribution is 5.72. The van der Waals surface area contributed by atoms with Gasteiger partial charge in [0.05, 0.1) is 5.92 Å². The minimum absolute atomic E-state index is 0.245. The fourth-order valence-electron chi connectivity index (χ4n) is 2.14. The van der Waals surface area contributed by atoms with E-state index in [0.717, 1.165) is 12.8 Å². The summed E-state index contributed by atoms with van der Waals surface area (Å²) in [4.78, 5) is 10.9. The van der Waals surface area contributed by atoms with Gasteiger partial charge in [0.15, 0.2) is 0 Å². The zero-order chi connectivity index (χ0) is 9.68. The van der Waals surface area contributed by atoms with Crippen molar-refractivity contribution in [3.8, 4) is 0 Å². The van der Waals surface area contributed by atoms with Crippen LogP contribution >= 0.6 is 0 Å². The van der Waals surface area contributed by atoms with Crippen LogP contribution in [0.2, 0.25) is 0 Å². The summed E-state index contributed by atoms with van der Waals surface area (Å²) < 4.78 is 0. The van der Waals surface area contributed by atoms with Gasteiger partial charge in [-0.2, -0.15) is 0 Å². The molecule has 0 spiro atoms. The van der Waals surface area contributed by atoms with Crippen LogP contribution in [0.5, 0.6) is 0 Å². The van der Waals surface area contributed by atoms with E-state index in [4.69, 9.17) is 5.11 Å². The number of hydrogen-bond acceptors (Lipinski definition) is 1. The molecule has 1 aliphatic carbocycles. The van der Waals surface area contributed by atoms with Crippen molar-refractivity contribution in [3.63, 3.8) is 0 Å². The maximum Gasteiger partial charge on any atom is 0.310 e. The van der Waals surface area contributed by atoms with Crippen LogP contribution < -0.4 is 0 Å². The molecule has 0 saturated heterocycles. The second kappa shape index (κ2) is 5.05. The van der Waals surface area contributed by atoms with Crippen LogP contribution in [0.3, 0.4) is 0 Å². The van der Waals surface area contributed by atoms with E-state index in [0.29, 0.717) is 5.92 Å². The van der Waals surface area contributed by atoms with Gasteiger partial charge in [-0.05, 0) is 25.7 Å². The second-order valence-electron chi connectivity index (χ2n) is 3.79. The minimum atomic E-state index is -0.662. The molecule has 74 valence electrons. The largest absolute Gasteiger partial charge is 0.481 e. The summed E-state index contributed by atoms with van der Waals surface area (Å²) in [5.74, 6) is -0.530. The van der Waals surface area contributed by atoms with E-state index < -0.39 is 5.97 Å². The molecular formula is C11H18O2. The summed E-state index contributed by atoms with van der Waals surface area (Å²) in [6.45, 7) is 1.89. The van der Waals surface area contributed by atoms with Crippen molar-refractivity contribution >= 4 is 5.97 Å². The fraction of sp³-hybridized carbons (Fsp3) is 0.727. The van der Waals surface area contributed by atoms with Crippen LogP contribution in [0, 0.1) is 11.8 Å². The fourth-order valence-corrected chi connectivity index (χ4v) is 2.14. The molecule has 0 aromatic heterocycles. The van der Waals surface area contributed by atoms with Gasteiger partial charge >= 0.3 is 5.97 Å². The Kier molecular flexibility index (Phi) is 4.00. The molecule has 13 heavy (non-hydrogen) atoms. The number of carboxylic acid groups (broad SMARTS) is 1. The van der Waals surface area contributed by atoms with Gasteiger partial charge in [0.2, 0.25) is 0 Å². The van der Waals surface area contributed by atoms with Gasteiger partial charge in [0.1, 0.15) is 0 Å². The Morgan fingerprint density at radius 3 is 2.46 bits per heavy atom. The molecule has 0 aromatic rings. The molecule has 1 atom stereocenters. The van der Waals surface area contributed by atoms with Crippen LogP contribution in [-0.2, 0) is 4.79 Å². The Balaban J connectivity index is 2.56. The first-order chi connectivity index (χ1) is 6.25. The average Bonchev–Trinajstić information content (AvgIpc) is 2.15. The van der Waals surface area contributed by atoms with E-state index in [9.17, 15) is 4.79 Å². The zero-order valence-electron chi connectivity index (χ0n) is 8.20. The van der Waals surface area contributed by atoms with Gasteiger partial charge < -0.3 is 5.11 Å². The van der Waals surface area contributed by atoms with Gasteiger partial charge in [-0.3, -0.25) is 4.79 Å². The number of carboxylic acids is 1. The Hall–Kier alpha value is -0.790. The van der Waals surface area contributed by atoms with E-state index >= 15 is 0 Å². The van der Waals surface area contributed by atoms with Crippen LogP contribution in [-0.4, -0.2) is 11.1 Å². The van der Waals surface area contributed by atoms with E-state index in [1.165, 1.54) is 19.3 Å². The average molecular weight is 182 g/mol. The van der Waals surface area contributed by atoms with Crippen molar-refractivity contribution in [2.45, 2.75) is 39.0 Å². The molecule has 1 rings (SSSR count). The molecule has 0 aromatic carbocycles. The summed E-state index contributed by atoms with van der Waals surface area (Å²) in [5, 5.41) is 9.01. The molecule has 1 aliphatic rings. The molecule has 0 bridgehead atoms. The molecule has 0 amide bonds. The van der Waals surface area contributed by atoms with E-state index in [1.54, 1.807) is 0 Å². The third-order valence-corrected chi connectivity index (χ3v) is 2.84. The Labute approximate surface area is 79.6 Å². The van der Waals surface area contributed by atoms with Crippen molar-refractivity contribution in [2.24, 2.45) is 11.8 Å². The van der Waals surface area contributed by atoms with Crippen molar-refractivity contribution < 1.29 is 9.90 Å². The van der Waals surface area contributed by atoms with Crippen LogP contribution in [0.1, 0.15) is 39.0 Å². The Bertz CT molecular complexity index is 190. The third kappa shape index (κ3) is 2.87. The zero-order valence-corrected chi connectivity index (χ0v) is 8.20. The molecule has 0 aliphatic heterocycles. The van der Waals surface area contributed by atoms with E-state index in [2.05, 4.69) is 0 Å². The predicted octanol–water partition coefficient (Wildman–Crippen LogP) is 2.84. The monoisotopic (exact) mass is 182 g/mol. The standard InChI is InChI=1S/C11H18O2/c1-2-6-10(11(12)13)9-7-4-3-5-8-9/h2,6,9-10H,3-5,7-8H2,1H3,(H,12,13). The molecule has 1 N–H and O–H groups in total. The van der Waals surface area contributed by atoms with Gasteiger partial charge in [-0.15, -0.1) is 0 Å². The SMILES string of the molecule is CC=CC(C(=O)O)C1CCCCC1. The lowest BCUT2D eigenvalue weighted by Crippen LogP contribution is -2.23. The molecule has 0 radical (unpaired) electrons. The lowest BCUT2D eigenvalue weighted by molar-refractivity contribution is -0.142. The first-order valence-corrected chi connectivity index (χ1v) is 5.11. The maximum atomic E-state index is 10.9. The third-order valence-electron chi connectivity index (χ3n) is 2.84. The number of hydrogen-bond donors (Lipinski definition) is 1. The topological polar surface area (TPSA) is 37.3 Å². The maximum absolute atomic E-state index is 10.9. The first kappa shape index (κ1) is 10.3. The summed E-state index contributed by atoms with van der Waals surface area (Å²) in [6, 6.07) is 0. The molecule has 1 unspecified atom stereocenters. The molecule has 1 saturated carbocycles. The second-order valence-corrected chi connectivity index (χ2v) is 3.79. The van der Waals surface area contributed by atoms with E-state index in [-0.39, 0.29) is 5.92 Å². The van der Waals surface area contributed by atoms with Gasteiger partial charge in [-0.25, -0.2) is 0 Å². The van der Waals surface area contributed by atoms with Crippen molar-refractivity contribution in [3.05, 3.63) is 12.2 Å². The predicted molar refractivity (Wildman–Crippen MR) is 52.5 cm³/mol. The van der Waals surface area contributed by atoms with Crippen molar-refractivity contribution in [1.29, 1.82) is 0 Å². The van der Waals surface area contributed by atoms with Crippen LogP contribution in [0.25, 0.3) is 0 Å². The minimum Gasteiger partial charge on any atom is -0.481 e. The highest BCUT2D eigenvalue weighted by atomic mass is 16.4. The number of carbonyl (C=O) groups is 1. The first-order valence-electron chi connectivity index (χ1n) is 5.11. The smallest absolute Gasteiger partial charge is 0.310 e. The normalized spacial score (nSPS) is 21.9. The highest BCUT2D eigenvalue weighted by Crippen LogP contribution is 2.30. The molecule has 2 heteroatoms. The highest BCUT2D eigenvalue weighted by Gasteiger charge is 2.26. The number of aliphatic carboxylic acids is 1. The number of allylic oxidation sites excluding steroid dienone is 1. The molecule has 0 heterocycles. The van der Waals surface area contributed by atoms with Crippen LogP contribution in [0.4, 0.5) is 0 Å². The van der Waals surface area contributed by atoms with Gasteiger partial charge in [0.25, 0.3) is 0 Å². The quantitative estimate of drug-likeness (QED) is 0.681. The lowest BCUT2D eigenvalue weighted by Gasteiger charge is -2.25. The van der Waals surface area contributed by atoms with Gasteiger partial charge in [0, 0.05) is 0 Å². The summed E-state index contributed by atoms with van der Waals surface area (Å²) in [6.07, 6.45) is 9.53. The van der Waals surface area contributed by atoms with Crippen LogP contribution in [0.15, 0.2) is 12.2 Å². The van der Waals surface area contributed by atoms with E-state index in [1.807, 2.05) is 19.1 Å². The summed E-state index contributed by atoms with van der Waals surface area (Å²) >= 11 is 0. The van der Waals surface area contributed by atoms with Gasteiger partial charge in [-0.1, -0.05) is 31.4 Å². The Morgan fingerprint density at radius 2 is 2.00 bits per heavy atom.